The van der Waals surface area contributed by atoms with E-state index < -0.39 is 0 Å². The van der Waals surface area contributed by atoms with Gasteiger partial charge in [0, 0.05) is 18.7 Å². The topological polar surface area (TPSA) is 114 Å². The molecule has 0 radical (unpaired) electrons. The molecule has 0 amide bonds. The second-order valence-electron chi connectivity index (χ2n) is 8.14. The molecule has 0 bridgehead atoms. The fraction of sp³-hybridized carbons (Fsp3) is 0.850. The molecule has 0 atom stereocenters. The summed E-state index contributed by atoms with van der Waals surface area (Å²) in [5.41, 5.74) is 16.6. The van der Waals surface area contributed by atoms with Gasteiger partial charge in [-0.15, -0.1) is 0 Å². The first-order valence-corrected chi connectivity index (χ1v) is 10.6. The molecule has 0 aromatic heterocycles. The van der Waals surface area contributed by atoms with Crippen LogP contribution < -0.4 is 27.8 Å². The van der Waals surface area contributed by atoms with Gasteiger partial charge in [0.1, 0.15) is 5.84 Å². The van der Waals surface area contributed by atoms with Gasteiger partial charge in [-0.25, -0.2) is 0 Å². The van der Waals surface area contributed by atoms with Crippen molar-refractivity contribution in [2.45, 2.75) is 70.3 Å². The summed E-state index contributed by atoms with van der Waals surface area (Å²) >= 11 is 0. The molecule has 0 aromatic rings. The molecule has 2 aliphatic rings. The number of amidine groups is 1. The van der Waals surface area contributed by atoms with Gasteiger partial charge < -0.3 is 27.8 Å². The fourth-order valence-electron chi connectivity index (χ4n) is 4.20. The first-order valence-electron chi connectivity index (χ1n) is 10.6. The standard InChI is InChI=1S/C20H40N6/c21-19(22)13-20(23)26-15-17-9-7-16(8-10-17)14-24-11-4-12-25-18-5-2-1-3-6-18/h13,16-18,24-25H,1-12,14-15,21-22H2,(H2,23,26). The largest absolute Gasteiger partial charge is 0.386 e. The Bertz CT molecular complexity index is 430. The summed E-state index contributed by atoms with van der Waals surface area (Å²) in [6.07, 6.45) is 14.8. The average molecular weight is 365 g/mol. The molecular weight excluding hydrogens is 324 g/mol. The Labute approximate surface area is 159 Å². The van der Waals surface area contributed by atoms with Crippen molar-refractivity contribution in [2.24, 2.45) is 34.0 Å². The lowest BCUT2D eigenvalue weighted by molar-refractivity contribution is 0.272. The highest BCUT2D eigenvalue weighted by Gasteiger charge is 2.20. The third-order valence-corrected chi connectivity index (χ3v) is 5.81. The van der Waals surface area contributed by atoms with Crippen LogP contribution >= 0.6 is 0 Å². The summed E-state index contributed by atoms with van der Waals surface area (Å²) < 4.78 is 0. The molecule has 0 unspecified atom stereocenters. The van der Waals surface area contributed by atoms with E-state index in [0.717, 1.165) is 38.1 Å². The van der Waals surface area contributed by atoms with E-state index in [2.05, 4.69) is 15.6 Å². The molecule has 0 aromatic carbocycles. The Morgan fingerprint density at radius 2 is 1.58 bits per heavy atom. The van der Waals surface area contributed by atoms with Crippen molar-refractivity contribution < 1.29 is 0 Å². The van der Waals surface area contributed by atoms with E-state index >= 15 is 0 Å². The first kappa shape index (κ1) is 21.0. The second kappa shape index (κ2) is 12.2. The highest BCUT2D eigenvalue weighted by molar-refractivity contribution is 5.91. The molecule has 0 aliphatic heterocycles. The number of nitrogens with zero attached hydrogens (tertiary/aromatic N) is 1. The minimum absolute atomic E-state index is 0.218. The van der Waals surface area contributed by atoms with Crippen molar-refractivity contribution in [1.29, 1.82) is 0 Å². The Morgan fingerprint density at radius 1 is 0.885 bits per heavy atom. The molecular formula is C20H40N6. The molecule has 0 heterocycles. The van der Waals surface area contributed by atoms with Crippen molar-refractivity contribution >= 4 is 5.84 Å². The van der Waals surface area contributed by atoms with Gasteiger partial charge in [-0.1, -0.05) is 19.3 Å². The average Bonchev–Trinajstić information content (AvgIpc) is 2.64. The molecule has 0 spiro atoms. The van der Waals surface area contributed by atoms with E-state index in [1.807, 2.05) is 0 Å². The van der Waals surface area contributed by atoms with Gasteiger partial charge in [-0.05, 0) is 76.4 Å². The molecule has 6 nitrogen and oxygen atoms in total. The SMILES string of the molecule is NC(N)=CC(N)=NCC1CCC(CNCCCNC2CCCCC2)CC1. The summed E-state index contributed by atoms with van der Waals surface area (Å²) in [4.78, 5) is 4.38. The number of hydrogen-bond donors (Lipinski definition) is 5. The predicted molar refractivity (Wildman–Crippen MR) is 111 cm³/mol. The zero-order chi connectivity index (χ0) is 18.6. The van der Waals surface area contributed by atoms with Crippen molar-refractivity contribution in [1.82, 2.24) is 10.6 Å². The quantitative estimate of drug-likeness (QED) is 0.230. The van der Waals surface area contributed by atoms with Crippen molar-refractivity contribution in [3.63, 3.8) is 0 Å². The summed E-state index contributed by atoms with van der Waals surface area (Å²) in [7, 11) is 0. The number of nitrogens with two attached hydrogens (primary N) is 3. The normalized spacial score (nSPS) is 25.2. The van der Waals surface area contributed by atoms with Crippen LogP contribution in [0.25, 0.3) is 0 Å². The minimum atomic E-state index is 0.218. The highest BCUT2D eigenvalue weighted by Crippen LogP contribution is 2.28. The van der Waals surface area contributed by atoms with Crippen LogP contribution in [0, 0.1) is 11.8 Å². The second-order valence-corrected chi connectivity index (χ2v) is 8.14. The maximum Gasteiger partial charge on any atom is 0.121 e. The number of aliphatic imine (C=N–C) groups is 1. The minimum Gasteiger partial charge on any atom is -0.386 e. The molecule has 150 valence electrons. The molecule has 0 saturated heterocycles. The summed E-state index contributed by atoms with van der Waals surface area (Å²) in [5.74, 6) is 2.13. The Balaban J connectivity index is 1.46. The van der Waals surface area contributed by atoms with Crippen molar-refractivity contribution in [3.8, 4) is 0 Å². The van der Waals surface area contributed by atoms with E-state index in [0.29, 0.717) is 11.8 Å². The molecule has 8 N–H and O–H groups in total. The molecule has 2 fully saturated rings. The third kappa shape index (κ3) is 8.90. The Kier molecular flexibility index (Phi) is 9.85. The smallest absolute Gasteiger partial charge is 0.121 e. The van der Waals surface area contributed by atoms with E-state index in [1.165, 1.54) is 70.3 Å². The van der Waals surface area contributed by atoms with Crippen LogP contribution in [-0.2, 0) is 0 Å². The van der Waals surface area contributed by atoms with E-state index in [-0.39, 0.29) is 5.82 Å². The van der Waals surface area contributed by atoms with Gasteiger partial charge in [0.2, 0.25) is 0 Å². The van der Waals surface area contributed by atoms with Gasteiger partial charge in [0.05, 0.1) is 5.82 Å². The van der Waals surface area contributed by atoms with Crippen molar-refractivity contribution in [2.75, 3.05) is 26.2 Å². The predicted octanol–water partition coefficient (Wildman–Crippen LogP) is 1.81. The van der Waals surface area contributed by atoms with Crippen LogP contribution in [0.4, 0.5) is 0 Å². The zero-order valence-electron chi connectivity index (χ0n) is 16.4. The lowest BCUT2D eigenvalue weighted by Crippen LogP contribution is -2.34. The fourth-order valence-corrected chi connectivity index (χ4v) is 4.20. The Hall–Kier alpha value is -1.27. The van der Waals surface area contributed by atoms with Crippen LogP contribution in [0.3, 0.4) is 0 Å². The van der Waals surface area contributed by atoms with E-state index in [9.17, 15) is 0 Å². The van der Waals surface area contributed by atoms with Crippen LogP contribution in [-0.4, -0.2) is 38.1 Å². The van der Waals surface area contributed by atoms with Gasteiger partial charge in [-0.2, -0.15) is 0 Å². The maximum atomic E-state index is 5.77. The van der Waals surface area contributed by atoms with Crippen LogP contribution in [0.2, 0.25) is 0 Å². The lowest BCUT2D eigenvalue weighted by Gasteiger charge is -2.28. The lowest BCUT2D eigenvalue weighted by atomic mass is 9.82. The van der Waals surface area contributed by atoms with E-state index in [4.69, 9.17) is 17.2 Å². The number of rotatable bonds is 10. The monoisotopic (exact) mass is 364 g/mol. The Morgan fingerprint density at radius 3 is 2.27 bits per heavy atom. The summed E-state index contributed by atoms with van der Waals surface area (Å²) in [6.45, 7) is 4.25. The van der Waals surface area contributed by atoms with Gasteiger partial charge in [0.15, 0.2) is 0 Å². The van der Waals surface area contributed by atoms with Crippen LogP contribution in [0.5, 0.6) is 0 Å². The number of nitrogens with one attached hydrogen (secondary N) is 2. The van der Waals surface area contributed by atoms with Gasteiger partial charge in [-0.3, -0.25) is 4.99 Å². The molecule has 6 heteroatoms. The zero-order valence-corrected chi connectivity index (χ0v) is 16.4. The van der Waals surface area contributed by atoms with E-state index in [1.54, 1.807) is 0 Å². The number of hydrogen-bond acceptors (Lipinski definition) is 5. The van der Waals surface area contributed by atoms with Gasteiger partial charge in [0.25, 0.3) is 0 Å². The van der Waals surface area contributed by atoms with Crippen molar-refractivity contribution in [3.05, 3.63) is 11.9 Å². The van der Waals surface area contributed by atoms with Gasteiger partial charge >= 0.3 is 0 Å². The van der Waals surface area contributed by atoms with Crippen LogP contribution in [0.1, 0.15) is 64.2 Å². The summed E-state index contributed by atoms with van der Waals surface area (Å²) in [6, 6.07) is 0.785. The maximum absolute atomic E-state index is 5.77. The third-order valence-electron chi connectivity index (χ3n) is 5.81. The molecule has 2 aliphatic carbocycles. The highest BCUT2D eigenvalue weighted by atomic mass is 14.9. The molecule has 2 rings (SSSR count). The molecule has 26 heavy (non-hydrogen) atoms. The molecule has 2 saturated carbocycles. The summed E-state index contributed by atoms with van der Waals surface area (Å²) in [5, 5.41) is 7.37. The van der Waals surface area contributed by atoms with Crippen LogP contribution in [0.15, 0.2) is 16.9 Å². The first-order chi connectivity index (χ1) is 12.6.